The number of ether oxygens (including phenoxy) is 1. The van der Waals surface area contributed by atoms with Crippen LogP contribution in [0.4, 0.5) is 0 Å². The van der Waals surface area contributed by atoms with Gasteiger partial charge in [-0.15, -0.1) is 0 Å². The van der Waals surface area contributed by atoms with Gasteiger partial charge in [0.25, 0.3) is 0 Å². The van der Waals surface area contributed by atoms with Gasteiger partial charge in [-0.1, -0.05) is 13.8 Å². The summed E-state index contributed by atoms with van der Waals surface area (Å²) >= 11 is 0. The maximum Gasteiger partial charge on any atom is 0.0674 e. The second-order valence-electron chi connectivity index (χ2n) is 7.18. The second-order valence-corrected chi connectivity index (χ2v) is 7.18. The van der Waals surface area contributed by atoms with Crippen LogP contribution in [-0.4, -0.2) is 48.0 Å². The van der Waals surface area contributed by atoms with Crippen molar-refractivity contribution in [2.75, 3.05) is 19.7 Å². The molecule has 1 aliphatic heterocycles. The highest BCUT2D eigenvalue weighted by molar-refractivity contribution is 4.88. The highest BCUT2D eigenvalue weighted by atomic mass is 16.5. The average Bonchev–Trinajstić information content (AvgIpc) is 2.28. The van der Waals surface area contributed by atoms with E-state index in [1.165, 1.54) is 0 Å². The van der Waals surface area contributed by atoms with Crippen molar-refractivity contribution in [3.63, 3.8) is 0 Å². The molecule has 0 aromatic heterocycles. The van der Waals surface area contributed by atoms with E-state index in [1.807, 2.05) is 0 Å². The molecule has 0 radical (unpaired) electrons. The quantitative estimate of drug-likeness (QED) is 0.821. The van der Waals surface area contributed by atoms with E-state index in [0.717, 1.165) is 39.0 Å². The van der Waals surface area contributed by atoms with Crippen LogP contribution < -0.4 is 0 Å². The minimum atomic E-state index is -0.108. The van der Waals surface area contributed by atoms with Crippen molar-refractivity contribution in [3.05, 3.63) is 0 Å². The fourth-order valence-corrected chi connectivity index (χ4v) is 3.44. The lowest BCUT2D eigenvalue weighted by Crippen LogP contribution is -2.51. The zero-order valence-electron chi connectivity index (χ0n) is 12.4. The Hall–Kier alpha value is -0.120. The van der Waals surface area contributed by atoms with E-state index >= 15 is 0 Å². The number of rotatable bonds is 2. The first-order valence-electron chi connectivity index (χ1n) is 7.41. The van der Waals surface area contributed by atoms with Crippen LogP contribution >= 0.6 is 0 Å². The van der Waals surface area contributed by atoms with E-state index in [0.29, 0.717) is 23.5 Å². The molecule has 0 aromatic carbocycles. The Balaban J connectivity index is 1.94. The van der Waals surface area contributed by atoms with Gasteiger partial charge in [0, 0.05) is 19.1 Å². The Bertz CT molecular complexity index is 280. The van der Waals surface area contributed by atoms with Crippen molar-refractivity contribution in [1.29, 1.82) is 0 Å². The smallest absolute Gasteiger partial charge is 0.0674 e. The summed E-state index contributed by atoms with van der Waals surface area (Å²) in [7, 11) is 0. The molecule has 18 heavy (non-hydrogen) atoms. The van der Waals surface area contributed by atoms with Crippen LogP contribution in [0.3, 0.4) is 0 Å². The SMILES string of the molecule is CC1CN(CC2CC(C)(C)CCC2O)C(C)CO1. The normalized spacial score (nSPS) is 41.8. The van der Waals surface area contributed by atoms with Gasteiger partial charge in [-0.2, -0.15) is 0 Å². The van der Waals surface area contributed by atoms with E-state index < -0.39 is 0 Å². The number of aliphatic hydroxyl groups excluding tert-OH is 1. The van der Waals surface area contributed by atoms with E-state index in [-0.39, 0.29) is 6.10 Å². The summed E-state index contributed by atoms with van der Waals surface area (Å²) in [4.78, 5) is 2.50. The Morgan fingerprint density at radius 2 is 2.06 bits per heavy atom. The molecule has 2 fully saturated rings. The minimum absolute atomic E-state index is 0.108. The molecule has 0 amide bonds. The third kappa shape index (κ3) is 3.46. The molecule has 3 heteroatoms. The maximum absolute atomic E-state index is 10.2. The molecule has 1 saturated heterocycles. The Morgan fingerprint density at radius 3 is 2.78 bits per heavy atom. The highest BCUT2D eigenvalue weighted by Crippen LogP contribution is 2.39. The van der Waals surface area contributed by atoms with Gasteiger partial charge in [0.2, 0.25) is 0 Å². The molecule has 2 aliphatic rings. The van der Waals surface area contributed by atoms with Gasteiger partial charge >= 0.3 is 0 Å². The monoisotopic (exact) mass is 255 g/mol. The maximum atomic E-state index is 10.2. The number of aliphatic hydroxyl groups is 1. The first kappa shape index (κ1) is 14.3. The van der Waals surface area contributed by atoms with Gasteiger partial charge in [0.05, 0.1) is 18.8 Å². The van der Waals surface area contributed by atoms with Crippen LogP contribution in [0.2, 0.25) is 0 Å². The lowest BCUT2D eigenvalue weighted by molar-refractivity contribution is -0.0716. The fraction of sp³-hybridized carbons (Fsp3) is 1.00. The summed E-state index contributed by atoms with van der Waals surface area (Å²) in [6, 6.07) is 0.485. The highest BCUT2D eigenvalue weighted by Gasteiger charge is 2.36. The van der Waals surface area contributed by atoms with E-state index in [1.54, 1.807) is 0 Å². The molecule has 0 aromatic rings. The molecular weight excluding hydrogens is 226 g/mol. The third-order valence-electron chi connectivity index (χ3n) is 4.68. The van der Waals surface area contributed by atoms with E-state index in [2.05, 4.69) is 32.6 Å². The van der Waals surface area contributed by atoms with Gasteiger partial charge in [0.15, 0.2) is 0 Å². The summed E-state index contributed by atoms with van der Waals surface area (Å²) in [5.41, 5.74) is 0.394. The van der Waals surface area contributed by atoms with E-state index in [4.69, 9.17) is 4.74 Å². The fourth-order valence-electron chi connectivity index (χ4n) is 3.44. The Morgan fingerprint density at radius 1 is 1.33 bits per heavy atom. The number of hydrogen-bond acceptors (Lipinski definition) is 3. The standard InChI is InChI=1S/C15H29NO2/c1-11-10-18-12(2)8-16(11)9-13-7-15(3,4)6-5-14(13)17/h11-14,17H,5-10H2,1-4H3. The predicted molar refractivity (Wildman–Crippen MR) is 73.6 cm³/mol. The van der Waals surface area contributed by atoms with Crippen molar-refractivity contribution >= 4 is 0 Å². The van der Waals surface area contributed by atoms with Crippen molar-refractivity contribution in [1.82, 2.24) is 4.90 Å². The second kappa shape index (κ2) is 5.48. The topological polar surface area (TPSA) is 32.7 Å². The van der Waals surface area contributed by atoms with Gasteiger partial charge in [-0.3, -0.25) is 4.90 Å². The van der Waals surface area contributed by atoms with Gasteiger partial charge in [-0.25, -0.2) is 0 Å². The van der Waals surface area contributed by atoms with Crippen LogP contribution in [-0.2, 0) is 4.74 Å². The first-order valence-corrected chi connectivity index (χ1v) is 7.41. The van der Waals surface area contributed by atoms with Gasteiger partial charge in [-0.05, 0) is 44.4 Å². The molecule has 1 aliphatic carbocycles. The molecule has 1 heterocycles. The molecule has 0 bridgehead atoms. The molecule has 4 unspecified atom stereocenters. The zero-order valence-corrected chi connectivity index (χ0v) is 12.4. The first-order chi connectivity index (χ1) is 8.37. The average molecular weight is 255 g/mol. The summed E-state index contributed by atoms with van der Waals surface area (Å²) in [5.74, 6) is 0.432. The number of morpholine rings is 1. The van der Waals surface area contributed by atoms with Gasteiger partial charge < -0.3 is 9.84 Å². The molecular formula is C15H29NO2. The van der Waals surface area contributed by atoms with Crippen LogP contribution in [0.15, 0.2) is 0 Å². The molecule has 1 N–H and O–H groups in total. The van der Waals surface area contributed by atoms with Crippen molar-refractivity contribution in [3.8, 4) is 0 Å². The van der Waals surface area contributed by atoms with Crippen LogP contribution in [0.5, 0.6) is 0 Å². The summed E-state index contributed by atoms with van der Waals surface area (Å²) in [5, 5.41) is 10.2. The van der Waals surface area contributed by atoms with Crippen molar-refractivity contribution in [2.24, 2.45) is 11.3 Å². The molecule has 106 valence electrons. The van der Waals surface area contributed by atoms with E-state index in [9.17, 15) is 5.11 Å². The number of hydrogen-bond donors (Lipinski definition) is 1. The predicted octanol–water partition coefficient (Wildman–Crippen LogP) is 2.28. The molecule has 4 atom stereocenters. The largest absolute Gasteiger partial charge is 0.393 e. The van der Waals surface area contributed by atoms with Crippen molar-refractivity contribution < 1.29 is 9.84 Å². The summed E-state index contributed by atoms with van der Waals surface area (Å²) in [6.45, 7) is 11.9. The van der Waals surface area contributed by atoms with Gasteiger partial charge in [0.1, 0.15) is 0 Å². The Kier molecular flexibility index (Phi) is 4.35. The molecule has 1 saturated carbocycles. The summed E-state index contributed by atoms with van der Waals surface area (Å²) in [6.07, 6.45) is 3.48. The van der Waals surface area contributed by atoms with Crippen molar-refractivity contribution in [2.45, 2.75) is 65.2 Å². The molecule has 2 rings (SSSR count). The number of nitrogens with zero attached hydrogens (tertiary/aromatic N) is 1. The van der Waals surface area contributed by atoms with Crippen LogP contribution in [0, 0.1) is 11.3 Å². The zero-order chi connectivity index (χ0) is 13.3. The van der Waals surface area contributed by atoms with Crippen LogP contribution in [0.25, 0.3) is 0 Å². The third-order valence-corrected chi connectivity index (χ3v) is 4.68. The van der Waals surface area contributed by atoms with Crippen LogP contribution in [0.1, 0.15) is 47.0 Å². The Labute approximate surface area is 112 Å². The molecule has 3 nitrogen and oxygen atoms in total. The summed E-state index contributed by atoms with van der Waals surface area (Å²) < 4.78 is 5.67. The molecule has 0 spiro atoms. The lowest BCUT2D eigenvalue weighted by Gasteiger charge is -2.44. The minimum Gasteiger partial charge on any atom is -0.393 e. The lowest BCUT2D eigenvalue weighted by atomic mass is 9.70.